The van der Waals surface area contributed by atoms with E-state index in [9.17, 15) is 9.59 Å². The molecule has 1 saturated heterocycles. The van der Waals surface area contributed by atoms with E-state index >= 15 is 0 Å². The Labute approximate surface area is 126 Å². The van der Waals surface area contributed by atoms with Crippen LogP contribution in [0.1, 0.15) is 50.4 Å². The molecule has 118 valence electrons. The molecule has 0 atom stereocenters. The molecule has 1 fully saturated rings. The summed E-state index contributed by atoms with van der Waals surface area (Å²) in [6, 6.07) is 5.36. The molecule has 0 aliphatic carbocycles. The van der Waals surface area contributed by atoms with Gasteiger partial charge in [-0.25, -0.2) is 4.79 Å². The van der Waals surface area contributed by atoms with Crippen molar-refractivity contribution in [3.8, 4) is 5.75 Å². The van der Waals surface area contributed by atoms with Crippen molar-refractivity contribution in [2.45, 2.75) is 40.0 Å². The van der Waals surface area contributed by atoms with Crippen LogP contribution in [-0.2, 0) is 4.79 Å². The second kappa shape index (κ2) is 10.7. The summed E-state index contributed by atoms with van der Waals surface area (Å²) in [7, 11) is 0. The van der Waals surface area contributed by atoms with E-state index in [1.165, 1.54) is 37.1 Å². The molecule has 1 aromatic carbocycles. The minimum absolute atomic E-state index is 0.0741. The number of aromatic hydroxyl groups is 1. The summed E-state index contributed by atoms with van der Waals surface area (Å²) < 4.78 is 0. The van der Waals surface area contributed by atoms with Gasteiger partial charge in [-0.3, -0.25) is 4.79 Å². The maximum Gasteiger partial charge on any atom is 0.335 e. The third kappa shape index (κ3) is 7.34. The van der Waals surface area contributed by atoms with Gasteiger partial charge in [0.15, 0.2) is 0 Å². The molecular formula is C16H25NO4. The van der Waals surface area contributed by atoms with Crippen molar-refractivity contribution in [2.75, 3.05) is 13.1 Å². The number of phenolic OH excluding ortho intramolecular Hbond substituents is 1. The third-order valence-electron chi connectivity index (χ3n) is 2.88. The second-order valence-electron chi connectivity index (χ2n) is 4.29. The number of aromatic carboxylic acids is 1. The molecule has 0 saturated carbocycles. The SMILES string of the molecule is CC.CCC(=O)N1CCCC1.O=C(O)c1ccc(O)cc1. The number of nitrogens with zero attached hydrogens (tertiary/aromatic N) is 1. The van der Waals surface area contributed by atoms with Gasteiger partial charge in [0.25, 0.3) is 0 Å². The van der Waals surface area contributed by atoms with Gasteiger partial charge in [0.1, 0.15) is 5.75 Å². The molecule has 0 radical (unpaired) electrons. The van der Waals surface area contributed by atoms with Gasteiger partial charge in [0, 0.05) is 19.5 Å². The number of hydrogen-bond acceptors (Lipinski definition) is 3. The predicted octanol–water partition coefficient (Wildman–Crippen LogP) is 3.14. The highest BCUT2D eigenvalue weighted by Crippen LogP contribution is 2.09. The van der Waals surface area contributed by atoms with E-state index in [4.69, 9.17) is 10.2 Å². The van der Waals surface area contributed by atoms with Gasteiger partial charge in [-0.1, -0.05) is 20.8 Å². The summed E-state index contributed by atoms with van der Waals surface area (Å²) in [5.74, 6) is -0.600. The smallest absolute Gasteiger partial charge is 0.335 e. The summed E-state index contributed by atoms with van der Waals surface area (Å²) in [5, 5.41) is 17.1. The Bertz CT molecular complexity index is 422. The van der Waals surface area contributed by atoms with E-state index in [-0.39, 0.29) is 11.3 Å². The minimum atomic E-state index is -0.986. The number of carbonyl (C=O) groups excluding carboxylic acids is 1. The average Bonchev–Trinajstić information content (AvgIpc) is 3.04. The van der Waals surface area contributed by atoms with Gasteiger partial charge < -0.3 is 15.1 Å². The molecule has 1 amide bonds. The molecule has 2 rings (SSSR count). The lowest BCUT2D eigenvalue weighted by molar-refractivity contribution is -0.129. The van der Waals surface area contributed by atoms with Gasteiger partial charge in [-0.05, 0) is 37.1 Å². The van der Waals surface area contributed by atoms with Crippen LogP contribution in [0.5, 0.6) is 5.75 Å². The lowest BCUT2D eigenvalue weighted by Crippen LogP contribution is -2.26. The first-order chi connectivity index (χ1) is 10.0. The maximum atomic E-state index is 10.9. The molecule has 1 aliphatic rings. The highest BCUT2D eigenvalue weighted by Gasteiger charge is 2.14. The van der Waals surface area contributed by atoms with Crippen LogP contribution in [0, 0.1) is 0 Å². The summed E-state index contributed by atoms with van der Waals surface area (Å²) in [6.07, 6.45) is 3.07. The molecule has 1 heterocycles. The molecular weight excluding hydrogens is 270 g/mol. The first-order valence-electron chi connectivity index (χ1n) is 7.34. The quantitative estimate of drug-likeness (QED) is 0.878. The zero-order chi connectivity index (χ0) is 16.3. The summed E-state index contributed by atoms with van der Waals surface area (Å²) >= 11 is 0. The number of benzene rings is 1. The van der Waals surface area contributed by atoms with E-state index in [1.54, 1.807) is 0 Å². The first-order valence-corrected chi connectivity index (χ1v) is 7.34. The zero-order valence-electron chi connectivity index (χ0n) is 13.0. The van der Waals surface area contributed by atoms with Gasteiger partial charge >= 0.3 is 5.97 Å². The fourth-order valence-electron chi connectivity index (χ4n) is 1.79. The normalized spacial score (nSPS) is 12.6. The van der Waals surface area contributed by atoms with Crippen LogP contribution < -0.4 is 0 Å². The number of amides is 1. The largest absolute Gasteiger partial charge is 0.508 e. The van der Waals surface area contributed by atoms with E-state index in [0.29, 0.717) is 12.3 Å². The lowest BCUT2D eigenvalue weighted by atomic mass is 10.2. The fourth-order valence-corrected chi connectivity index (χ4v) is 1.79. The lowest BCUT2D eigenvalue weighted by Gasteiger charge is -2.12. The van der Waals surface area contributed by atoms with Crippen molar-refractivity contribution in [2.24, 2.45) is 0 Å². The topological polar surface area (TPSA) is 77.8 Å². The number of carboxylic acid groups (broad SMARTS) is 1. The molecule has 1 aliphatic heterocycles. The molecule has 0 bridgehead atoms. The molecule has 0 aromatic heterocycles. The fraction of sp³-hybridized carbons (Fsp3) is 0.500. The third-order valence-corrected chi connectivity index (χ3v) is 2.88. The van der Waals surface area contributed by atoms with Gasteiger partial charge in [-0.15, -0.1) is 0 Å². The van der Waals surface area contributed by atoms with Crippen molar-refractivity contribution in [1.82, 2.24) is 4.90 Å². The second-order valence-corrected chi connectivity index (χ2v) is 4.29. The van der Waals surface area contributed by atoms with E-state index < -0.39 is 5.97 Å². The van der Waals surface area contributed by atoms with Gasteiger partial charge in [0.2, 0.25) is 5.91 Å². The van der Waals surface area contributed by atoms with Crippen LogP contribution in [-0.4, -0.2) is 40.1 Å². The number of carbonyl (C=O) groups is 2. The monoisotopic (exact) mass is 295 g/mol. The number of hydrogen-bond donors (Lipinski definition) is 2. The Morgan fingerprint density at radius 1 is 1.10 bits per heavy atom. The average molecular weight is 295 g/mol. The van der Waals surface area contributed by atoms with Crippen molar-refractivity contribution in [3.63, 3.8) is 0 Å². The molecule has 0 unspecified atom stereocenters. The van der Waals surface area contributed by atoms with Gasteiger partial charge in [-0.2, -0.15) is 0 Å². The molecule has 2 N–H and O–H groups in total. The van der Waals surface area contributed by atoms with Crippen LogP contribution in [0.4, 0.5) is 0 Å². The van der Waals surface area contributed by atoms with Crippen LogP contribution in [0.15, 0.2) is 24.3 Å². The molecule has 5 heteroatoms. The Morgan fingerprint density at radius 2 is 1.57 bits per heavy atom. The maximum absolute atomic E-state index is 10.9. The van der Waals surface area contributed by atoms with Crippen LogP contribution >= 0.6 is 0 Å². The highest BCUT2D eigenvalue weighted by molar-refractivity contribution is 5.87. The van der Waals surface area contributed by atoms with Gasteiger partial charge in [0.05, 0.1) is 5.56 Å². The van der Waals surface area contributed by atoms with Crippen LogP contribution in [0.25, 0.3) is 0 Å². The number of phenols is 1. The number of rotatable bonds is 2. The number of likely N-dealkylation sites (tertiary alicyclic amines) is 1. The van der Waals surface area contributed by atoms with Crippen molar-refractivity contribution < 1.29 is 19.8 Å². The molecule has 0 spiro atoms. The highest BCUT2D eigenvalue weighted by atomic mass is 16.4. The summed E-state index contributed by atoms with van der Waals surface area (Å²) in [4.78, 5) is 23.1. The molecule has 5 nitrogen and oxygen atoms in total. The Hall–Kier alpha value is -2.04. The van der Waals surface area contributed by atoms with Crippen molar-refractivity contribution in [1.29, 1.82) is 0 Å². The Morgan fingerprint density at radius 3 is 1.95 bits per heavy atom. The minimum Gasteiger partial charge on any atom is -0.508 e. The summed E-state index contributed by atoms with van der Waals surface area (Å²) in [5.41, 5.74) is 0.179. The van der Waals surface area contributed by atoms with Crippen molar-refractivity contribution in [3.05, 3.63) is 29.8 Å². The van der Waals surface area contributed by atoms with Crippen LogP contribution in [0.2, 0.25) is 0 Å². The standard InChI is InChI=1S/C7H13NO.C7H6O3.C2H6/c1-2-7(9)8-5-3-4-6-8;8-6-3-1-5(2-4-6)7(9)10;1-2/h2-6H2,1H3;1-4,8H,(H,9,10);1-2H3. The van der Waals surface area contributed by atoms with E-state index in [1.807, 2.05) is 25.7 Å². The molecule has 1 aromatic rings. The first kappa shape index (κ1) is 19.0. The van der Waals surface area contributed by atoms with E-state index in [2.05, 4.69) is 0 Å². The number of carboxylic acids is 1. The predicted molar refractivity (Wildman–Crippen MR) is 82.5 cm³/mol. The zero-order valence-corrected chi connectivity index (χ0v) is 13.0. The van der Waals surface area contributed by atoms with Crippen molar-refractivity contribution >= 4 is 11.9 Å². The van der Waals surface area contributed by atoms with E-state index in [0.717, 1.165) is 13.1 Å². The summed E-state index contributed by atoms with van der Waals surface area (Å²) in [6.45, 7) is 7.90. The Balaban J connectivity index is 0.000000342. The van der Waals surface area contributed by atoms with Crippen LogP contribution in [0.3, 0.4) is 0 Å². The molecule has 21 heavy (non-hydrogen) atoms. The Kier molecular flexibility index (Phi) is 9.67.